The van der Waals surface area contributed by atoms with E-state index in [0.29, 0.717) is 0 Å². The number of carbonyl (C=O) groups is 1. The van der Waals surface area contributed by atoms with Crippen LogP contribution in [-0.2, 0) is 11.3 Å². The highest BCUT2D eigenvalue weighted by molar-refractivity contribution is 5.99. The quantitative estimate of drug-likeness (QED) is 0.461. The largest absolute Gasteiger partial charge is 0.497 e. The van der Waals surface area contributed by atoms with Gasteiger partial charge in [-0.1, -0.05) is 54.6 Å². The molecule has 4 aromatic rings. The third-order valence-corrected chi connectivity index (χ3v) is 6.01. The van der Waals surface area contributed by atoms with Crippen LogP contribution in [0.5, 0.6) is 5.75 Å². The lowest BCUT2D eigenvalue weighted by Gasteiger charge is -2.23. The lowest BCUT2D eigenvalue weighted by atomic mass is 9.96. The summed E-state index contributed by atoms with van der Waals surface area (Å²) < 4.78 is 6.52. The predicted octanol–water partition coefficient (Wildman–Crippen LogP) is 3.10. The molecule has 0 aliphatic carbocycles. The second kappa shape index (κ2) is 9.27. The van der Waals surface area contributed by atoms with E-state index in [1.807, 2.05) is 66.7 Å². The molecule has 34 heavy (non-hydrogen) atoms. The molecule has 0 radical (unpaired) electrons. The van der Waals surface area contributed by atoms with Crippen LogP contribution in [0.2, 0.25) is 0 Å². The maximum absolute atomic E-state index is 13.3. The molecule has 1 amide bonds. The SMILES string of the molecule is COc1ccc2cc(C(C)C(=O)N(C)c3c(N)n(Cc4ccccc4)c(=O)[nH]c3=O)ccc2c1. The molecule has 0 spiro atoms. The van der Waals surface area contributed by atoms with Crippen LogP contribution in [0.3, 0.4) is 0 Å². The zero-order chi connectivity index (χ0) is 24.4. The highest BCUT2D eigenvalue weighted by atomic mass is 16.5. The number of nitrogen functional groups attached to an aromatic ring is 1. The van der Waals surface area contributed by atoms with Crippen molar-refractivity contribution in [1.29, 1.82) is 0 Å². The van der Waals surface area contributed by atoms with Gasteiger partial charge in [0.25, 0.3) is 5.56 Å². The maximum Gasteiger partial charge on any atom is 0.330 e. The number of likely N-dealkylation sites (N-methyl/N-ethyl adjacent to an activating group) is 1. The summed E-state index contributed by atoms with van der Waals surface area (Å²) in [6.07, 6.45) is 0. The molecule has 0 saturated heterocycles. The predicted molar refractivity (Wildman–Crippen MR) is 134 cm³/mol. The Bertz CT molecular complexity index is 1470. The number of aromatic nitrogens is 2. The molecule has 4 rings (SSSR count). The van der Waals surface area contributed by atoms with Crippen LogP contribution in [0, 0.1) is 0 Å². The molecular weight excluding hydrogens is 432 g/mol. The highest BCUT2D eigenvalue weighted by Gasteiger charge is 2.26. The molecule has 0 saturated carbocycles. The summed E-state index contributed by atoms with van der Waals surface area (Å²) in [6.45, 7) is 1.94. The van der Waals surface area contributed by atoms with Crippen molar-refractivity contribution in [3.8, 4) is 5.75 Å². The zero-order valence-corrected chi connectivity index (χ0v) is 19.2. The Kier molecular flexibility index (Phi) is 6.23. The molecule has 0 fully saturated rings. The van der Waals surface area contributed by atoms with Crippen molar-refractivity contribution in [2.45, 2.75) is 19.4 Å². The number of amides is 1. The Morgan fingerprint density at radius 3 is 2.44 bits per heavy atom. The lowest BCUT2D eigenvalue weighted by molar-refractivity contribution is -0.119. The van der Waals surface area contributed by atoms with Gasteiger partial charge in [-0.05, 0) is 41.0 Å². The minimum Gasteiger partial charge on any atom is -0.497 e. The number of nitrogens with two attached hydrogens (primary N) is 1. The van der Waals surface area contributed by atoms with Gasteiger partial charge in [-0.2, -0.15) is 0 Å². The number of H-pyrrole nitrogens is 1. The van der Waals surface area contributed by atoms with Crippen molar-refractivity contribution in [2.75, 3.05) is 24.8 Å². The van der Waals surface area contributed by atoms with E-state index in [1.54, 1.807) is 14.0 Å². The molecular formula is C26H26N4O4. The molecule has 8 heteroatoms. The molecule has 8 nitrogen and oxygen atoms in total. The smallest absolute Gasteiger partial charge is 0.330 e. The van der Waals surface area contributed by atoms with Crippen molar-refractivity contribution in [1.82, 2.24) is 9.55 Å². The molecule has 1 heterocycles. The van der Waals surface area contributed by atoms with E-state index in [-0.39, 0.29) is 24.0 Å². The fourth-order valence-electron chi connectivity index (χ4n) is 4.01. The summed E-state index contributed by atoms with van der Waals surface area (Å²) in [7, 11) is 3.10. The molecule has 174 valence electrons. The fraction of sp³-hybridized carbons (Fsp3) is 0.192. The number of methoxy groups -OCH3 is 1. The van der Waals surface area contributed by atoms with Gasteiger partial charge in [-0.3, -0.25) is 19.1 Å². The van der Waals surface area contributed by atoms with E-state index in [2.05, 4.69) is 4.98 Å². The van der Waals surface area contributed by atoms with E-state index in [4.69, 9.17) is 10.5 Å². The average Bonchev–Trinajstić information content (AvgIpc) is 2.85. The summed E-state index contributed by atoms with van der Waals surface area (Å²) in [6, 6.07) is 20.7. The van der Waals surface area contributed by atoms with E-state index in [9.17, 15) is 14.4 Å². The van der Waals surface area contributed by atoms with Gasteiger partial charge in [0.05, 0.1) is 19.6 Å². The Morgan fingerprint density at radius 2 is 1.74 bits per heavy atom. The van der Waals surface area contributed by atoms with E-state index in [0.717, 1.165) is 27.6 Å². The second-order valence-electron chi connectivity index (χ2n) is 8.16. The van der Waals surface area contributed by atoms with Gasteiger partial charge in [0, 0.05) is 7.05 Å². The van der Waals surface area contributed by atoms with Crippen molar-refractivity contribution in [2.24, 2.45) is 0 Å². The summed E-state index contributed by atoms with van der Waals surface area (Å²) in [5, 5.41) is 1.96. The number of hydrogen-bond acceptors (Lipinski definition) is 5. The van der Waals surface area contributed by atoms with Gasteiger partial charge in [0.2, 0.25) is 5.91 Å². The standard InChI is InChI=1S/C26H26N4O4/c1-16(18-9-10-20-14-21(34-3)12-11-19(20)13-18)25(32)29(2)22-23(27)30(26(33)28-24(22)31)15-17-7-5-4-6-8-17/h4-14,16H,15,27H2,1-3H3,(H,28,31,33). The van der Waals surface area contributed by atoms with Crippen molar-refractivity contribution >= 4 is 28.2 Å². The minimum atomic E-state index is -0.708. The Morgan fingerprint density at radius 1 is 1.06 bits per heavy atom. The number of hydrogen-bond donors (Lipinski definition) is 2. The summed E-state index contributed by atoms with van der Waals surface area (Å²) in [4.78, 5) is 42.0. The maximum atomic E-state index is 13.3. The van der Waals surface area contributed by atoms with Crippen LogP contribution >= 0.6 is 0 Å². The van der Waals surface area contributed by atoms with Crippen molar-refractivity contribution in [3.63, 3.8) is 0 Å². The highest BCUT2D eigenvalue weighted by Crippen LogP contribution is 2.27. The van der Waals surface area contributed by atoms with Gasteiger partial charge in [-0.25, -0.2) is 4.79 Å². The topological polar surface area (TPSA) is 110 Å². The molecule has 1 unspecified atom stereocenters. The van der Waals surface area contributed by atoms with E-state index < -0.39 is 17.2 Å². The van der Waals surface area contributed by atoms with Crippen LogP contribution in [-0.4, -0.2) is 29.6 Å². The van der Waals surface area contributed by atoms with Crippen LogP contribution in [0.25, 0.3) is 10.8 Å². The minimum absolute atomic E-state index is 0.0575. The Balaban J connectivity index is 1.67. The first-order chi connectivity index (χ1) is 16.3. The number of fused-ring (bicyclic) bond motifs is 1. The van der Waals surface area contributed by atoms with Gasteiger partial charge in [0.15, 0.2) is 5.69 Å². The first kappa shape index (κ1) is 22.8. The Labute approximate surface area is 196 Å². The molecule has 0 bridgehead atoms. The third kappa shape index (κ3) is 4.30. The average molecular weight is 459 g/mol. The third-order valence-electron chi connectivity index (χ3n) is 6.01. The molecule has 1 aromatic heterocycles. The van der Waals surface area contributed by atoms with Crippen molar-refractivity contribution in [3.05, 3.63) is 98.7 Å². The van der Waals surface area contributed by atoms with Crippen LogP contribution < -0.4 is 26.6 Å². The molecule has 1 atom stereocenters. The number of ether oxygens (including phenoxy) is 1. The van der Waals surface area contributed by atoms with Gasteiger partial charge in [0.1, 0.15) is 11.6 Å². The number of benzene rings is 3. The van der Waals surface area contributed by atoms with Gasteiger partial charge in [-0.15, -0.1) is 0 Å². The van der Waals surface area contributed by atoms with E-state index in [1.165, 1.54) is 16.5 Å². The molecule has 0 aliphatic rings. The first-order valence-electron chi connectivity index (χ1n) is 10.8. The summed E-state index contributed by atoms with van der Waals surface area (Å²) in [5.74, 6) is -0.185. The number of carbonyl (C=O) groups excluding carboxylic acids is 1. The number of aromatic amines is 1. The summed E-state index contributed by atoms with van der Waals surface area (Å²) >= 11 is 0. The normalized spacial score (nSPS) is 11.9. The number of rotatable bonds is 6. The van der Waals surface area contributed by atoms with E-state index >= 15 is 0 Å². The van der Waals surface area contributed by atoms with Crippen LogP contribution in [0.1, 0.15) is 24.0 Å². The first-order valence-corrected chi connectivity index (χ1v) is 10.8. The number of anilines is 2. The summed E-state index contributed by atoms with van der Waals surface area (Å²) in [5.41, 5.74) is 6.48. The number of nitrogens with one attached hydrogen (secondary N) is 1. The fourth-order valence-corrected chi connectivity index (χ4v) is 4.01. The zero-order valence-electron chi connectivity index (χ0n) is 19.2. The Hall–Kier alpha value is -4.33. The molecule has 3 aromatic carbocycles. The molecule has 3 N–H and O–H groups in total. The number of nitrogens with zero attached hydrogens (tertiary/aromatic N) is 2. The second-order valence-corrected chi connectivity index (χ2v) is 8.16. The monoisotopic (exact) mass is 458 g/mol. The van der Waals surface area contributed by atoms with Gasteiger partial charge >= 0.3 is 5.69 Å². The van der Waals surface area contributed by atoms with Crippen LogP contribution in [0.15, 0.2) is 76.3 Å². The molecule has 0 aliphatic heterocycles. The lowest BCUT2D eigenvalue weighted by Crippen LogP contribution is -2.40. The van der Waals surface area contributed by atoms with Crippen LogP contribution in [0.4, 0.5) is 11.5 Å². The van der Waals surface area contributed by atoms with Gasteiger partial charge < -0.3 is 15.4 Å². The van der Waals surface area contributed by atoms with Crippen molar-refractivity contribution < 1.29 is 9.53 Å².